The Morgan fingerprint density at radius 3 is 2.31 bits per heavy atom. The highest BCUT2D eigenvalue weighted by Crippen LogP contribution is 2.29. The molecule has 1 aromatic rings. The van der Waals surface area contributed by atoms with Gasteiger partial charge in [0.25, 0.3) is 0 Å². The van der Waals surface area contributed by atoms with Gasteiger partial charge in [0.05, 0.1) is 12.1 Å². The summed E-state index contributed by atoms with van der Waals surface area (Å²) < 4.78 is 36.5. The fourth-order valence-electron chi connectivity index (χ4n) is 1.03. The van der Waals surface area contributed by atoms with Crippen LogP contribution in [0.1, 0.15) is 15.9 Å². The van der Waals surface area contributed by atoms with Gasteiger partial charge in [0.1, 0.15) is 0 Å². The Balaban J connectivity index is 2.87. The predicted octanol–water partition coefficient (Wildman–Crippen LogP) is 3.20. The lowest BCUT2D eigenvalue weighted by Crippen LogP contribution is -2.07. The average Bonchev–Trinajstić information content (AvgIpc) is 2.25. The Morgan fingerprint density at radius 2 is 1.88 bits per heavy atom. The quantitative estimate of drug-likeness (QED) is 0.339. The van der Waals surface area contributed by atoms with Crippen LogP contribution >= 0.6 is 0 Å². The van der Waals surface area contributed by atoms with E-state index in [-0.39, 0.29) is 5.56 Å². The summed E-state index contributed by atoms with van der Waals surface area (Å²) in [7, 11) is 0. The third-order valence-corrected chi connectivity index (χ3v) is 1.81. The lowest BCUT2D eigenvalue weighted by molar-refractivity contribution is -0.137. The van der Waals surface area contributed by atoms with Crippen LogP contribution in [0.25, 0.3) is 10.4 Å². The number of ketones is 1. The van der Waals surface area contributed by atoms with Crippen LogP contribution in [0.15, 0.2) is 29.4 Å². The maximum atomic E-state index is 12.2. The number of nitrogens with zero attached hydrogens (tertiary/aromatic N) is 3. The van der Waals surface area contributed by atoms with Crippen molar-refractivity contribution in [1.82, 2.24) is 0 Å². The van der Waals surface area contributed by atoms with E-state index in [0.29, 0.717) is 0 Å². The van der Waals surface area contributed by atoms with Gasteiger partial charge in [0.15, 0.2) is 5.78 Å². The van der Waals surface area contributed by atoms with Crippen molar-refractivity contribution in [3.8, 4) is 0 Å². The molecule has 0 aliphatic rings. The van der Waals surface area contributed by atoms with Gasteiger partial charge in [-0.2, -0.15) is 13.2 Å². The van der Waals surface area contributed by atoms with Crippen LogP contribution in [0.4, 0.5) is 13.2 Å². The molecule has 0 aliphatic heterocycles. The summed E-state index contributed by atoms with van der Waals surface area (Å²) in [4.78, 5) is 13.6. The highest BCUT2D eigenvalue weighted by Gasteiger charge is 2.30. The summed E-state index contributed by atoms with van der Waals surface area (Å²) in [5.41, 5.74) is 7.23. The maximum Gasteiger partial charge on any atom is 0.416 e. The number of rotatable bonds is 3. The molecule has 0 spiro atoms. The number of Topliss-reactive ketones (excluding diaryl/α,β-unsaturated/α-hetero) is 1. The van der Waals surface area contributed by atoms with E-state index < -0.39 is 24.1 Å². The van der Waals surface area contributed by atoms with Gasteiger partial charge < -0.3 is 0 Å². The Morgan fingerprint density at radius 1 is 1.31 bits per heavy atom. The summed E-state index contributed by atoms with van der Waals surface area (Å²) in [5, 5.41) is 3.03. The first-order valence-corrected chi connectivity index (χ1v) is 4.16. The highest BCUT2D eigenvalue weighted by molar-refractivity contribution is 5.97. The van der Waals surface area contributed by atoms with Crippen molar-refractivity contribution in [3.05, 3.63) is 45.8 Å². The second-order valence-electron chi connectivity index (χ2n) is 2.89. The van der Waals surface area contributed by atoms with Crippen LogP contribution < -0.4 is 0 Å². The molecule has 0 radical (unpaired) electrons. The van der Waals surface area contributed by atoms with Crippen LogP contribution in [0.2, 0.25) is 0 Å². The molecular formula is C9H6F3N3O. The smallest absolute Gasteiger partial charge is 0.294 e. The molecule has 4 nitrogen and oxygen atoms in total. The fraction of sp³-hybridized carbons (Fsp3) is 0.222. The summed E-state index contributed by atoms with van der Waals surface area (Å²) in [6.07, 6.45) is -4.42. The van der Waals surface area contributed by atoms with Crippen molar-refractivity contribution in [2.45, 2.75) is 6.18 Å². The lowest BCUT2D eigenvalue weighted by Gasteiger charge is -2.06. The van der Waals surface area contributed by atoms with E-state index in [4.69, 9.17) is 5.53 Å². The Bertz CT molecular complexity index is 432. The van der Waals surface area contributed by atoms with E-state index in [9.17, 15) is 18.0 Å². The second kappa shape index (κ2) is 4.67. The first kappa shape index (κ1) is 12.1. The molecular weight excluding hydrogens is 223 g/mol. The molecule has 1 aromatic carbocycles. The molecule has 7 heteroatoms. The van der Waals surface area contributed by atoms with Gasteiger partial charge >= 0.3 is 6.18 Å². The number of azide groups is 1. The van der Waals surface area contributed by atoms with Gasteiger partial charge in [0, 0.05) is 10.5 Å². The standard InChI is InChI=1S/C9H6F3N3O/c10-9(11,12)7-3-1-6(2-4-7)8(16)5-14-15-13/h1-4H,5H2. The van der Waals surface area contributed by atoms with E-state index >= 15 is 0 Å². The van der Waals surface area contributed by atoms with Crippen LogP contribution in [-0.2, 0) is 6.18 Å². The van der Waals surface area contributed by atoms with E-state index in [2.05, 4.69) is 10.0 Å². The fourth-order valence-corrected chi connectivity index (χ4v) is 1.03. The molecule has 0 fully saturated rings. The van der Waals surface area contributed by atoms with Gasteiger partial charge in [-0.05, 0) is 17.7 Å². The normalized spacial score (nSPS) is 10.7. The molecule has 0 saturated heterocycles. The number of hydrogen-bond acceptors (Lipinski definition) is 2. The number of halogens is 3. The van der Waals surface area contributed by atoms with Gasteiger partial charge in [-0.3, -0.25) is 4.79 Å². The van der Waals surface area contributed by atoms with E-state index in [1.54, 1.807) is 0 Å². The van der Waals surface area contributed by atoms with E-state index in [1.807, 2.05) is 0 Å². The van der Waals surface area contributed by atoms with Crippen LogP contribution in [0.5, 0.6) is 0 Å². The van der Waals surface area contributed by atoms with E-state index in [0.717, 1.165) is 24.3 Å². The summed E-state index contributed by atoms with van der Waals surface area (Å²) in [6.45, 7) is -0.401. The third kappa shape index (κ3) is 2.99. The minimum atomic E-state index is -4.42. The molecule has 0 heterocycles. The number of benzene rings is 1. The van der Waals surface area contributed by atoms with Gasteiger partial charge in [-0.25, -0.2) is 0 Å². The molecule has 0 amide bonds. The predicted molar refractivity (Wildman–Crippen MR) is 49.8 cm³/mol. The van der Waals surface area contributed by atoms with Gasteiger partial charge in [-0.15, -0.1) is 0 Å². The van der Waals surface area contributed by atoms with Crippen molar-refractivity contribution < 1.29 is 18.0 Å². The summed E-state index contributed by atoms with van der Waals surface area (Å²) in [6, 6.07) is 3.72. The number of hydrogen-bond donors (Lipinski definition) is 0. The van der Waals surface area contributed by atoms with Crippen molar-refractivity contribution >= 4 is 5.78 Å². The zero-order valence-electron chi connectivity index (χ0n) is 7.90. The number of alkyl halides is 3. The topological polar surface area (TPSA) is 65.8 Å². The first-order chi connectivity index (χ1) is 7.45. The molecule has 0 aromatic heterocycles. The molecule has 0 saturated carbocycles. The molecule has 0 aliphatic carbocycles. The van der Waals surface area contributed by atoms with E-state index in [1.165, 1.54) is 0 Å². The Labute approximate surface area is 88.3 Å². The Hall–Kier alpha value is -2.01. The molecule has 1 rings (SSSR count). The zero-order chi connectivity index (χ0) is 12.2. The van der Waals surface area contributed by atoms with Crippen molar-refractivity contribution in [1.29, 1.82) is 0 Å². The molecule has 84 valence electrons. The second-order valence-corrected chi connectivity index (χ2v) is 2.89. The summed E-state index contributed by atoms with van der Waals surface area (Å²) in [5.74, 6) is -0.522. The SMILES string of the molecule is [N-]=[N+]=NCC(=O)c1ccc(C(F)(F)F)cc1. The van der Waals surface area contributed by atoms with Crippen molar-refractivity contribution in [2.24, 2.45) is 5.11 Å². The number of carbonyl (C=O) groups is 1. The van der Waals surface area contributed by atoms with Gasteiger partial charge in [-0.1, -0.05) is 17.2 Å². The monoisotopic (exact) mass is 229 g/mol. The highest BCUT2D eigenvalue weighted by atomic mass is 19.4. The zero-order valence-corrected chi connectivity index (χ0v) is 7.90. The van der Waals surface area contributed by atoms with Crippen LogP contribution in [0.3, 0.4) is 0 Å². The third-order valence-electron chi connectivity index (χ3n) is 1.81. The maximum absolute atomic E-state index is 12.2. The van der Waals surface area contributed by atoms with Gasteiger partial charge in [0.2, 0.25) is 0 Å². The molecule has 0 N–H and O–H groups in total. The molecule has 0 bridgehead atoms. The Kier molecular flexibility index (Phi) is 3.52. The lowest BCUT2D eigenvalue weighted by atomic mass is 10.1. The minimum absolute atomic E-state index is 0.0837. The van der Waals surface area contributed by atoms with Crippen molar-refractivity contribution in [2.75, 3.05) is 6.54 Å². The molecule has 0 atom stereocenters. The largest absolute Gasteiger partial charge is 0.416 e. The van der Waals surface area contributed by atoms with Crippen molar-refractivity contribution in [3.63, 3.8) is 0 Å². The number of carbonyl (C=O) groups excluding carboxylic acids is 1. The average molecular weight is 229 g/mol. The van der Waals surface area contributed by atoms with Crippen LogP contribution in [0, 0.1) is 0 Å². The first-order valence-electron chi connectivity index (χ1n) is 4.16. The minimum Gasteiger partial charge on any atom is -0.294 e. The molecule has 0 unspecified atom stereocenters. The molecule has 16 heavy (non-hydrogen) atoms. The van der Waals surface area contributed by atoms with Crippen LogP contribution in [-0.4, -0.2) is 12.3 Å². The summed E-state index contributed by atoms with van der Waals surface area (Å²) >= 11 is 0.